The minimum atomic E-state index is -3.87. The van der Waals surface area contributed by atoms with Gasteiger partial charge in [0.15, 0.2) is 0 Å². The molecule has 0 aliphatic rings. The molecule has 0 saturated heterocycles. The van der Waals surface area contributed by atoms with E-state index in [4.69, 9.17) is 4.52 Å². The van der Waals surface area contributed by atoms with Crippen LogP contribution in [0.15, 0.2) is 57.9 Å². The number of ether oxygens (including phenoxy) is 1. The van der Waals surface area contributed by atoms with Crippen LogP contribution in [0.4, 0.5) is 0 Å². The molecule has 8 nitrogen and oxygen atoms in total. The Bertz CT molecular complexity index is 1110. The molecule has 146 valence electrons. The number of methoxy groups -OCH3 is 1. The van der Waals surface area contributed by atoms with Gasteiger partial charge in [-0.2, -0.15) is 9.29 Å². The first-order chi connectivity index (χ1) is 13.3. The molecule has 0 radical (unpaired) electrons. The highest BCUT2D eigenvalue weighted by Crippen LogP contribution is 2.22. The van der Waals surface area contributed by atoms with Crippen LogP contribution in [0.1, 0.15) is 21.8 Å². The number of esters is 1. The molecule has 0 spiro atoms. The Morgan fingerprint density at radius 1 is 1.18 bits per heavy atom. The number of carbonyl (C=O) groups excluding carboxylic acids is 1. The van der Waals surface area contributed by atoms with E-state index in [1.165, 1.54) is 38.4 Å². The lowest BCUT2D eigenvalue weighted by molar-refractivity contribution is 0.0600. The van der Waals surface area contributed by atoms with Crippen LogP contribution in [0, 0.1) is 6.92 Å². The van der Waals surface area contributed by atoms with Crippen molar-refractivity contribution in [3.8, 4) is 11.4 Å². The second-order valence-corrected chi connectivity index (χ2v) is 8.15. The third-order valence-electron chi connectivity index (χ3n) is 4.18. The van der Waals surface area contributed by atoms with Gasteiger partial charge in [0.25, 0.3) is 0 Å². The average Bonchev–Trinajstić information content (AvgIpc) is 3.16. The summed E-state index contributed by atoms with van der Waals surface area (Å²) in [5, 5.41) is 3.93. The van der Waals surface area contributed by atoms with Gasteiger partial charge in [-0.05, 0) is 30.7 Å². The Hall–Kier alpha value is -3.04. The fraction of sp³-hybridized carbons (Fsp3) is 0.211. The van der Waals surface area contributed by atoms with Crippen LogP contribution in [0.25, 0.3) is 11.4 Å². The molecule has 3 rings (SSSR count). The predicted molar refractivity (Wildman–Crippen MR) is 101 cm³/mol. The van der Waals surface area contributed by atoms with E-state index in [2.05, 4.69) is 14.9 Å². The van der Waals surface area contributed by atoms with Gasteiger partial charge >= 0.3 is 5.97 Å². The Morgan fingerprint density at radius 3 is 2.64 bits per heavy atom. The van der Waals surface area contributed by atoms with Crippen LogP contribution in [-0.4, -0.2) is 43.0 Å². The summed E-state index contributed by atoms with van der Waals surface area (Å²) in [5.74, 6) is -0.0560. The number of rotatable bonds is 6. The minimum absolute atomic E-state index is 0.0310. The highest BCUT2D eigenvalue weighted by Gasteiger charge is 2.24. The normalized spacial score (nSPS) is 11.6. The van der Waals surface area contributed by atoms with E-state index in [0.29, 0.717) is 5.82 Å². The molecule has 1 heterocycles. The van der Waals surface area contributed by atoms with E-state index in [9.17, 15) is 13.2 Å². The lowest BCUT2D eigenvalue weighted by Gasteiger charge is -2.15. The van der Waals surface area contributed by atoms with Crippen molar-refractivity contribution < 1.29 is 22.5 Å². The van der Waals surface area contributed by atoms with Crippen LogP contribution < -0.4 is 0 Å². The summed E-state index contributed by atoms with van der Waals surface area (Å²) in [7, 11) is -1.23. The van der Waals surface area contributed by atoms with E-state index in [0.717, 1.165) is 15.4 Å². The summed E-state index contributed by atoms with van der Waals surface area (Å²) < 4.78 is 36.6. The molecule has 0 aliphatic carbocycles. The molecule has 0 aliphatic heterocycles. The number of sulfonamides is 1. The molecule has 3 aromatic rings. The number of carbonyl (C=O) groups is 1. The Labute approximate surface area is 162 Å². The molecule has 0 unspecified atom stereocenters. The molecule has 2 aromatic carbocycles. The SMILES string of the molecule is COC(=O)c1cccc(S(=O)(=O)N(C)Cc2nc(-c3ccccc3C)no2)c1. The van der Waals surface area contributed by atoms with Gasteiger partial charge in [0, 0.05) is 12.6 Å². The van der Waals surface area contributed by atoms with Crippen molar-refractivity contribution in [2.24, 2.45) is 0 Å². The molecule has 0 saturated carbocycles. The van der Waals surface area contributed by atoms with Crippen LogP contribution >= 0.6 is 0 Å². The molecule has 1 aromatic heterocycles. The number of aromatic nitrogens is 2. The minimum Gasteiger partial charge on any atom is -0.465 e. The van der Waals surface area contributed by atoms with Gasteiger partial charge in [-0.3, -0.25) is 0 Å². The number of hydrogen-bond acceptors (Lipinski definition) is 7. The summed E-state index contributed by atoms with van der Waals surface area (Å²) >= 11 is 0. The smallest absolute Gasteiger partial charge is 0.337 e. The summed E-state index contributed by atoms with van der Waals surface area (Å²) in [4.78, 5) is 15.9. The number of benzene rings is 2. The van der Waals surface area contributed by atoms with Crippen molar-refractivity contribution in [3.05, 3.63) is 65.5 Å². The number of aryl methyl sites for hydroxylation is 1. The first-order valence-electron chi connectivity index (χ1n) is 8.36. The average molecular weight is 401 g/mol. The summed E-state index contributed by atoms with van der Waals surface area (Å²) in [6.07, 6.45) is 0. The van der Waals surface area contributed by atoms with Crippen molar-refractivity contribution in [2.45, 2.75) is 18.4 Å². The van der Waals surface area contributed by atoms with E-state index < -0.39 is 16.0 Å². The van der Waals surface area contributed by atoms with Gasteiger partial charge in [-0.15, -0.1) is 0 Å². The van der Waals surface area contributed by atoms with Crippen LogP contribution in [0.3, 0.4) is 0 Å². The van der Waals surface area contributed by atoms with Crippen LogP contribution in [0.2, 0.25) is 0 Å². The van der Waals surface area contributed by atoms with Crippen molar-refractivity contribution in [1.29, 1.82) is 0 Å². The maximum Gasteiger partial charge on any atom is 0.337 e. The molecule has 0 amide bonds. The molecule has 9 heteroatoms. The van der Waals surface area contributed by atoms with Crippen LogP contribution in [-0.2, 0) is 21.3 Å². The molecule has 0 N–H and O–H groups in total. The molecule has 0 bridgehead atoms. The lowest BCUT2D eigenvalue weighted by Crippen LogP contribution is -2.26. The Balaban J connectivity index is 1.82. The summed E-state index contributed by atoms with van der Waals surface area (Å²) in [6, 6.07) is 13.2. The summed E-state index contributed by atoms with van der Waals surface area (Å²) in [5.41, 5.74) is 1.95. The molecular formula is C19H19N3O5S. The first-order valence-corrected chi connectivity index (χ1v) is 9.80. The third kappa shape index (κ3) is 3.95. The predicted octanol–water partition coefficient (Wildman–Crippen LogP) is 2.65. The zero-order valence-corrected chi connectivity index (χ0v) is 16.4. The van der Waals surface area contributed by atoms with E-state index in [-0.39, 0.29) is 22.9 Å². The second-order valence-electron chi connectivity index (χ2n) is 6.11. The van der Waals surface area contributed by atoms with Crippen molar-refractivity contribution in [1.82, 2.24) is 14.4 Å². The number of hydrogen-bond donors (Lipinski definition) is 0. The standard InChI is InChI=1S/C19H19N3O5S/c1-13-7-4-5-10-16(13)18-20-17(27-21-18)12-22(2)28(24,25)15-9-6-8-14(11-15)19(23)26-3/h4-11H,12H2,1-3H3. The van der Waals surface area contributed by atoms with Crippen molar-refractivity contribution in [3.63, 3.8) is 0 Å². The van der Waals surface area contributed by atoms with Gasteiger partial charge in [0.2, 0.25) is 21.7 Å². The highest BCUT2D eigenvalue weighted by molar-refractivity contribution is 7.89. The third-order valence-corrected chi connectivity index (χ3v) is 5.97. The molecule has 0 fully saturated rings. The molecular weight excluding hydrogens is 382 g/mol. The van der Waals surface area contributed by atoms with Crippen molar-refractivity contribution in [2.75, 3.05) is 14.2 Å². The largest absolute Gasteiger partial charge is 0.465 e. The van der Waals surface area contributed by atoms with Gasteiger partial charge in [0.05, 0.1) is 24.1 Å². The zero-order chi connectivity index (χ0) is 20.3. The first kappa shape index (κ1) is 19.7. The zero-order valence-electron chi connectivity index (χ0n) is 15.6. The van der Waals surface area contributed by atoms with E-state index >= 15 is 0 Å². The van der Waals surface area contributed by atoms with Gasteiger partial charge in [-0.1, -0.05) is 35.5 Å². The Kier molecular flexibility index (Phi) is 5.57. The fourth-order valence-electron chi connectivity index (χ4n) is 2.61. The monoisotopic (exact) mass is 401 g/mol. The van der Waals surface area contributed by atoms with Crippen LogP contribution in [0.5, 0.6) is 0 Å². The molecule has 0 atom stereocenters. The Morgan fingerprint density at radius 2 is 1.93 bits per heavy atom. The number of nitrogens with zero attached hydrogens (tertiary/aromatic N) is 3. The quantitative estimate of drug-likeness (QED) is 0.585. The maximum absolute atomic E-state index is 12.8. The fourth-order valence-corrected chi connectivity index (χ4v) is 3.78. The highest BCUT2D eigenvalue weighted by atomic mass is 32.2. The lowest BCUT2D eigenvalue weighted by atomic mass is 10.1. The van der Waals surface area contributed by atoms with Gasteiger partial charge in [-0.25, -0.2) is 13.2 Å². The maximum atomic E-state index is 12.8. The van der Waals surface area contributed by atoms with Gasteiger partial charge < -0.3 is 9.26 Å². The topological polar surface area (TPSA) is 103 Å². The molecule has 28 heavy (non-hydrogen) atoms. The van der Waals surface area contributed by atoms with Gasteiger partial charge in [0.1, 0.15) is 0 Å². The second kappa shape index (κ2) is 7.91. The van der Waals surface area contributed by atoms with Crippen molar-refractivity contribution >= 4 is 16.0 Å². The summed E-state index contributed by atoms with van der Waals surface area (Å²) in [6.45, 7) is 1.82. The van der Waals surface area contributed by atoms with E-state index in [1.807, 2.05) is 31.2 Å². The van der Waals surface area contributed by atoms with E-state index in [1.54, 1.807) is 0 Å².